The van der Waals surface area contributed by atoms with Gasteiger partial charge in [-0.3, -0.25) is 29.8 Å². The second-order valence-electron chi connectivity index (χ2n) is 8.91. The minimum absolute atomic E-state index is 0.00269. The molecule has 0 aromatic heterocycles. The Morgan fingerprint density at radius 2 is 1.63 bits per heavy atom. The summed E-state index contributed by atoms with van der Waals surface area (Å²) in [6.07, 6.45) is 6.24. The lowest BCUT2D eigenvalue weighted by Gasteiger charge is -2.56. The number of nitro groups is 2. The van der Waals surface area contributed by atoms with Gasteiger partial charge in [-0.05, 0) is 62.3 Å². The molecule has 1 aromatic rings. The monoisotopic (exact) mass is 417 g/mol. The molecule has 0 heterocycles. The third-order valence-electron chi connectivity index (χ3n) is 6.62. The minimum Gasteiger partial charge on any atom is -0.455 e. The number of nitrogens with zero attached hydrogens (tertiary/aromatic N) is 2. The summed E-state index contributed by atoms with van der Waals surface area (Å²) < 4.78 is 5.03. The highest BCUT2D eigenvalue weighted by Crippen LogP contribution is 2.55. The molecule has 0 radical (unpaired) electrons. The molecular formula is C20H23N3O7. The van der Waals surface area contributed by atoms with Crippen LogP contribution in [0.5, 0.6) is 0 Å². The molecule has 30 heavy (non-hydrogen) atoms. The molecule has 4 saturated carbocycles. The molecule has 5 rings (SSSR count). The van der Waals surface area contributed by atoms with Crippen molar-refractivity contribution in [3.63, 3.8) is 0 Å². The Balaban J connectivity index is 1.32. The van der Waals surface area contributed by atoms with Crippen LogP contribution in [-0.2, 0) is 20.7 Å². The van der Waals surface area contributed by atoms with Gasteiger partial charge in [0.15, 0.2) is 6.61 Å². The smallest absolute Gasteiger partial charge is 0.311 e. The first-order chi connectivity index (χ1) is 14.2. The van der Waals surface area contributed by atoms with E-state index in [2.05, 4.69) is 5.32 Å². The highest BCUT2D eigenvalue weighted by molar-refractivity contribution is 5.82. The second kappa shape index (κ2) is 7.66. The van der Waals surface area contributed by atoms with Gasteiger partial charge < -0.3 is 10.1 Å². The Kier molecular flexibility index (Phi) is 5.17. The van der Waals surface area contributed by atoms with E-state index >= 15 is 0 Å². The van der Waals surface area contributed by atoms with Crippen LogP contribution in [0, 0.1) is 38.0 Å². The quantitative estimate of drug-likeness (QED) is 0.408. The maximum Gasteiger partial charge on any atom is 0.311 e. The fourth-order valence-corrected chi connectivity index (χ4v) is 5.93. The summed E-state index contributed by atoms with van der Waals surface area (Å²) in [6, 6.07) is 3.06. The Labute approximate surface area is 172 Å². The largest absolute Gasteiger partial charge is 0.455 e. The molecule has 1 aromatic carbocycles. The van der Waals surface area contributed by atoms with Crippen LogP contribution in [0.25, 0.3) is 0 Å². The predicted molar refractivity (Wildman–Crippen MR) is 103 cm³/mol. The molecule has 0 aliphatic heterocycles. The SMILES string of the molecule is O=C(COC(=O)Cc1ccc([N+](=O)[O-])cc1[N+](=O)[O-])NC12CC3CC(CC(C3)C1)C2. The summed E-state index contributed by atoms with van der Waals surface area (Å²) in [4.78, 5) is 45.0. The Morgan fingerprint density at radius 3 is 2.17 bits per heavy atom. The normalized spacial score (nSPS) is 28.7. The lowest BCUT2D eigenvalue weighted by Crippen LogP contribution is -2.60. The lowest BCUT2D eigenvalue weighted by molar-refractivity contribution is -0.394. The van der Waals surface area contributed by atoms with E-state index in [1.807, 2.05) is 0 Å². The van der Waals surface area contributed by atoms with Crippen molar-refractivity contribution in [1.82, 2.24) is 5.32 Å². The molecule has 4 aliphatic rings. The molecule has 4 aliphatic carbocycles. The summed E-state index contributed by atoms with van der Waals surface area (Å²) >= 11 is 0. The third kappa shape index (κ3) is 4.12. The summed E-state index contributed by atoms with van der Waals surface area (Å²) in [7, 11) is 0. The van der Waals surface area contributed by atoms with Crippen LogP contribution >= 0.6 is 0 Å². The van der Waals surface area contributed by atoms with Gasteiger partial charge in [0.1, 0.15) is 0 Å². The van der Waals surface area contributed by atoms with Crippen molar-refractivity contribution in [3.05, 3.63) is 44.0 Å². The van der Waals surface area contributed by atoms with Gasteiger partial charge in [-0.1, -0.05) is 0 Å². The van der Waals surface area contributed by atoms with E-state index in [-0.39, 0.29) is 17.0 Å². The number of rotatable bonds is 7. The van der Waals surface area contributed by atoms with Gasteiger partial charge in [-0.2, -0.15) is 0 Å². The standard InChI is InChI=1S/C20H23N3O7/c24-18(21-20-8-12-3-13(9-20)5-14(4-12)10-20)11-30-19(25)6-15-1-2-16(22(26)27)7-17(15)23(28)29/h1-2,7,12-14H,3-6,8-11H2,(H,21,24). The first-order valence-corrected chi connectivity index (χ1v) is 10.1. The van der Waals surface area contributed by atoms with Crippen LogP contribution in [0.4, 0.5) is 11.4 Å². The van der Waals surface area contributed by atoms with Crippen molar-refractivity contribution >= 4 is 23.3 Å². The van der Waals surface area contributed by atoms with Gasteiger partial charge in [0.05, 0.1) is 22.3 Å². The van der Waals surface area contributed by atoms with E-state index < -0.39 is 40.2 Å². The topological polar surface area (TPSA) is 142 Å². The van der Waals surface area contributed by atoms with E-state index in [4.69, 9.17) is 4.74 Å². The van der Waals surface area contributed by atoms with Gasteiger partial charge in [0.25, 0.3) is 17.3 Å². The van der Waals surface area contributed by atoms with Crippen LogP contribution in [0.2, 0.25) is 0 Å². The van der Waals surface area contributed by atoms with Crippen LogP contribution in [0.15, 0.2) is 18.2 Å². The molecule has 1 amide bonds. The average Bonchev–Trinajstić information content (AvgIpc) is 2.65. The molecule has 0 atom stereocenters. The number of amides is 1. The van der Waals surface area contributed by atoms with E-state index in [1.54, 1.807) is 0 Å². The molecule has 0 saturated heterocycles. The van der Waals surface area contributed by atoms with Crippen molar-refractivity contribution in [2.45, 2.75) is 50.5 Å². The molecule has 10 nitrogen and oxygen atoms in total. The zero-order chi connectivity index (χ0) is 21.5. The van der Waals surface area contributed by atoms with Crippen molar-refractivity contribution in [3.8, 4) is 0 Å². The summed E-state index contributed by atoms with van der Waals surface area (Å²) in [5, 5.41) is 25.1. The summed E-state index contributed by atoms with van der Waals surface area (Å²) in [5.74, 6) is 0.849. The molecule has 0 spiro atoms. The van der Waals surface area contributed by atoms with Crippen LogP contribution in [0.3, 0.4) is 0 Å². The molecule has 10 heteroatoms. The van der Waals surface area contributed by atoms with E-state index in [9.17, 15) is 29.8 Å². The molecule has 160 valence electrons. The van der Waals surface area contributed by atoms with E-state index in [0.29, 0.717) is 17.8 Å². The summed E-state index contributed by atoms with van der Waals surface area (Å²) in [6.45, 7) is -0.443. The number of hydrogen-bond donors (Lipinski definition) is 1. The van der Waals surface area contributed by atoms with Gasteiger partial charge >= 0.3 is 5.97 Å². The highest BCUT2D eigenvalue weighted by Gasteiger charge is 2.51. The van der Waals surface area contributed by atoms with Gasteiger partial charge in [-0.25, -0.2) is 0 Å². The maximum absolute atomic E-state index is 12.4. The third-order valence-corrected chi connectivity index (χ3v) is 6.62. The van der Waals surface area contributed by atoms with Crippen molar-refractivity contribution in [2.24, 2.45) is 17.8 Å². The zero-order valence-corrected chi connectivity index (χ0v) is 16.4. The first kappa shape index (κ1) is 20.2. The molecule has 4 fully saturated rings. The van der Waals surface area contributed by atoms with Crippen molar-refractivity contribution in [2.75, 3.05) is 6.61 Å². The van der Waals surface area contributed by atoms with Crippen LogP contribution in [0.1, 0.15) is 44.1 Å². The van der Waals surface area contributed by atoms with E-state index in [0.717, 1.165) is 37.5 Å². The Morgan fingerprint density at radius 1 is 1.03 bits per heavy atom. The fraction of sp³-hybridized carbons (Fsp3) is 0.600. The average molecular weight is 417 g/mol. The number of nitro benzene ring substituents is 2. The van der Waals surface area contributed by atoms with Gasteiger partial charge in [-0.15, -0.1) is 0 Å². The number of hydrogen-bond acceptors (Lipinski definition) is 7. The van der Waals surface area contributed by atoms with Gasteiger partial charge in [0.2, 0.25) is 0 Å². The number of non-ortho nitro benzene ring substituents is 1. The van der Waals surface area contributed by atoms with Gasteiger partial charge in [0, 0.05) is 17.2 Å². The number of carbonyl (C=O) groups excluding carboxylic acids is 2. The molecular weight excluding hydrogens is 394 g/mol. The number of ether oxygens (including phenoxy) is 1. The number of carbonyl (C=O) groups is 2. The molecule has 4 bridgehead atoms. The molecule has 1 N–H and O–H groups in total. The minimum atomic E-state index is -0.799. The van der Waals surface area contributed by atoms with E-state index in [1.165, 1.54) is 19.3 Å². The van der Waals surface area contributed by atoms with Crippen LogP contribution < -0.4 is 5.32 Å². The second-order valence-corrected chi connectivity index (χ2v) is 8.91. The zero-order valence-electron chi connectivity index (χ0n) is 16.4. The number of esters is 1. The number of nitrogens with one attached hydrogen (secondary N) is 1. The van der Waals surface area contributed by atoms with Crippen molar-refractivity contribution < 1.29 is 24.2 Å². The Bertz CT molecular complexity index is 878. The number of benzene rings is 1. The lowest BCUT2D eigenvalue weighted by atomic mass is 9.53. The van der Waals surface area contributed by atoms with Crippen LogP contribution in [-0.4, -0.2) is 33.9 Å². The van der Waals surface area contributed by atoms with Crippen molar-refractivity contribution in [1.29, 1.82) is 0 Å². The molecule has 0 unspecified atom stereocenters. The summed E-state index contributed by atoms with van der Waals surface area (Å²) in [5.41, 5.74) is -1.15. The Hall–Kier alpha value is -3.04. The fourth-order valence-electron chi connectivity index (χ4n) is 5.93. The first-order valence-electron chi connectivity index (χ1n) is 10.1. The maximum atomic E-state index is 12.4. The predicted octanol–water partition coefficient (Wildman–Crippen LogP) is 2.67. The highest BCUT2D eigenvalue weighted by atomic mass is 16.6.